The number of rotatable bonds is 5. The number of aryl methyl sites for hydroxylation is 2. The highest BCUT2D eigenvalue weighted by Gasteiger charge is 2.06. The summed E-state index contributed by atoms with van der Waals surface area (Å²) in [7, 11) is 3.89. The molecule has 92 valence electrons. The van der Waals surface area contributed by atoms with Crippen LogP contribution in [0.1, 0.15) is 23.9 Å². The molecule has 2 aromatic rings. The molecule has 0 unspecified atom stereocenters. The van der Waals surface area contributed by atoms with E-state index in [0.29, 0.717) is 0 Å². The second kappa shape index (κ2) is 5.14. The molecule has 0 aliphatic carbocycles. The van der Waals surface area contributed by atoms with E-state index in [1.165, 1.54) is 5.56 Å². The van der Waals surface area contributed by atoms with E-state index in [1.54, 1.807) is 0 Å². The van der Waals surface area contributed by atoms with Crippen molar-refractivity contribution >= 4 is 0 Å². The van der Waals surface area contributed by atoms with Gasteiger partial charge >= 0.3 is 0 Å². The summed E-state index contributed by atoms with van der Waals surface area (Å²) in [5, 5.41) is 7.53. The van der Waals surface area contributed by atoms with Crippen LogP contribution in [0.3, 0.4) is 0 Å². The minimum atomic E-state index is 0.806. The molecule has 5 heteroatoms. The van der Waals surface area contributed by atoms with Crippen LogP contribution in [0.25, 0.3) is 0 Å². The van der Waals surface area contributed by atoms with E-state index in [4.69, 9.17) is 0 Å². The van der Waals surface area contributed by atoms with Crippen molar-refractivity contribution in [2.24, 2.45) is 7.05 Å². The van der Waals surface area contributed by atoms with Crippen LogP contribution < -0.4 is 5.32 Å². The first kappa shape index (κ1) is 11.9. The number of aromatic nitrogens is 4. The van der Waals surface area contributed by atoms with Crippen LogP contribution in [-0.4, -0.2) is 26.4 Å². The third-order valence-electron chi connectivity index (χ3n) is 2.72. The second-order valence-electron chi connectivity index (χ2n) is 4.20. The first-order valence-corrected chi connectivity index (χ1v) is 5.89. The predicted octanol–water partition coefficient (Wildman–Crippen LogP) is 0.947. The van der Waals surface area contributed by atoms with Gasteiger partial charge in [-0.2, -0.15) is 5.10 Å². The quantitative estimate of drug-likeness (QED) is 0.836. The number of nitrogens with zero attached hydrogens (tertiary/aromatic N) is 4. The van der Waals surface area contributed by atoms with Gasteiger partial charge < -0.3 is 9.88 Å². The van der Waals surface area contributed by atoms with Crippen LogP contribution in [0.15, 0.2) is 18.7 Å². The lowest BCUT2D eigenvalue weighted by molar-refractivity contribution is 0.746. The molecule has 0 amide bonds. The zero-order valence-electron chi connectivity index (χ0n) is 10.6. The lowest BCUT2D eigenvalue weighted by Crippen LogP contribution is -2.05. The van der Waals surface area contributed by atoms with Crippen LogP contribution in [0.2, 0.25) is 0 Å². The van der Waals surface area contributed by atoms with Crippen molar-refractivity contribution in [3.05, 3.63) is 35.7 Å². The summed E-state index contributed by atoms with van der Waals surface area (Å²) in [4.78, 5) is 4.34. The van der Waals surface area contributed by atoms with E-state index < -0.39 is 0 Å². The Hall–Kier alpha value is -1.62. The molecule has 2 heterocycles. The maximum atomic E-state index is 4.44. The van der Waals surface area contributed by atoms with Crippen LogP contribution in [0.4, 0.5) is 0 Å². The van der Waals surface area contributed by atoms with Crippen molar-refractivity contribution in [3.63, 3.8) is 0 Å². The Morgan fingerprint density at radius 3 is 2.88 bits per heavy atom. The molecule has 0 radical (unpaired) electrons. The molecule has 0 aliphatic heterocycles. The lowest BCUT2D eigenvalue weighted by atomic mass is 10.2. The number of nitrogens with one attached hydrogen (secondary N) is 1. The summed E-state index contributed by atoms with van der Waals surface area (Å²) < 4.78 is 3.97. The molecule has 0 spiro atoms. The van der Waals surface area contributed by atoms with Crippen molar-refractivity contribution in [1.82, 2.24) is 24.6 Å². The molecule has 0 bridgehead atoms. The highest BCUT2D eigenvalue weighted by Crippen LogP contribution is 2.09. The monoisotopic (exact) mass is 233 g/mol. The van der Waals surface area contributed by atoms with E-state index in [2.05, 4.69) is 39.3 Å². The van der Waals surface area contributed by atoms with Gasteiger partial charge in [-0.05, 0) is 13.5 Å². The fourth-order valence-electron chi connectivity index (χ4n) is 1.98. The Bertz CT molecular complexity index is 483. The smallest absolute Gasteiger partial charge is 0.0953 e. The second-order valence-corrected chi connectivity index (χ2v) is 4.20. The molecule has 0 saturated carbocycles. The van der Waals surface area contributed by atoms with Gasteiger partial charge in [0.2, 0.25) is 0 Å². The molecule has 2 aromatic heterocycles. The first-order valence-electron chi connectivity index (χ1n) is 5.89. The average Bonchev–Trinajstić information content (AvgIpc) is 2.87. The van der Waals surface area contributed by atoms with Crippen molar-refractivity contribution in [1.29, 1.82) is 0 Å². The standard InChI is InChI=1S/C12H19N5/c1-4-12-10(6-16(3)15-12)7-17-8-11(5-13-2)14-9-17/h6,8-9,13H,4-5,7H2,1-3H3. The first-order chi connectivity index (χ1) is 8.22. The Morgan fingerprint density at radius 2 is 2.18 bits per heavy atom. The average molecular weight is 233 g/mol. The molecule has 0 fully saturated rings. The third-order valence-corrected chi connectivity index (χ3v) is 2.72. The van der Waals surface area contributed by atoms with Crippen LogP contribution in [0.5, 0.6) is 0 Å². The number of imidazole rings is 1. The van der Waals surface area contributed by atoms with Crippen LogP contribution in [-0.2, 0) is 26.6 Å². The van der Waals surface area contributed by atoms with Gasteiger partial charge in [-0.3, -0.25) is 4.68 Å². The molecule has 0 atom stereocenters. The van der Waals surface area contributed by atoms with Crippen molar-refractivity contribution in [2.45, 2.75) is 26.4 Å². The fraction of sp³-hybridized carbons (Fsp3) is 0.500. The Labute approximate surface area is 101 Å². The van der Waals surface area contributed by atoms with Gasteiger partial charge in [0.05, 0.1) is 24.3 Å². The number of hydrogen-bond acceptors (Lipinski definition) is 3. The molecule has 17 heavy (non-hydrogen) atoms. The predicted molar refractivity (Wildman–Crippen MR) is 66.7 cm³/mol. The van der Waals surface area contributed by atoms with Gasteiger partial charge in [0.15, 0.2) is 0 Å². The molecule has 0 aromatic carbocycles. The van der Waals surface area contributed by atoms with Gasteiger partial charge in [-0.1, -0.05) is 6.92 Å². The Balaban J connectivity index is 2.13. The summed E-state index contributed by atoms with van der Waals surface area (Å²) in [5.41, 5.74) is 3.49. The summed E-state index contributed by atoms with van der Waals surface area (Å²) in [6.07, 6.45) is 6.99. The van der Waals surface area contributed by atoms with Crippen LogP contribution >= 0.6 is 0 Å². The van der Waals surface area contributed by atoms with E-state index in [-0.39, 0.29) is 0 Å². The van der Waals surface area contributed by atoms with E-state index in [1.807, 2.05) is 25.1 Å². The van der Waals surface area contributed by atoms with Crippen molar-refractivity contribution in [3.8, 4) is 0 Å². The summed E-state index contributed by atoms with van der Waals surface area (Å²) in [6.45, 7) is 3.78. The summed E-state index contributed by atoms with van der Waals surface area (Å²) >= 11 is 0. The van der Waals surface area contributed by atoms with E-state index >= 15 is 0 Å². The SMILES string of the molecule is CCc1nn(C)cc1Cn1cnc(CNC)c1. The molecule has 0 aliphatic rings. The third kappa shape index (κ3) is 2.74. The highest BCUT2D eigenvalue weighted by atomic mass is 15.3. The van der Waals surface area contributed by atoms with Gasteiger partial charge in [0.1, 0.15) is 0 Å². The zero-order chi connectivity index (χ0) is 12.3. The van der Waals surface area contributed by atoms with Gasteiger partial charge in [0.25, 0.3) is 0 Å². The van der Waals surface area contributed by atoms with Gasteiger partial charge in [-0.25, -0.2) is 4.98 Å². The summed E-state index contributed by atoms with van der Waals surface area (Å²) in [6, 6.07) is 0. The van der Waals surface area contributed by atoms with E-state index in [9.17, 15) is 0 Å². The zero-order valence-corrected chi connectivity index (χ0v) is 10.6. The topological polar surface area (TPSA) is 47.7 Å². The molecule has 5 nitrogen and oxygen atoms in total. The van der Waals surface area contributed by atoms with E-state index in [0.717, 1.165) is 30.9 Å². The van der Waals surface area contributed by atoms with Crippen molar-refractivity contribution in [2.75, 3.05) is 7.05 Å². The largest absolute Gasteiger partial charge is 0.333 e. The maximum absolute atomic E-state index is 4.44. The highest BCUT2D eigenvalue weighted by molar-refractivity contribution is 5.17. The fourth-order valence-corrected chi connectivity index (χ4v) is 1.98. The normalized spacial score (nSPS) is 11.0. The molecular formula is C12H19N5. The van der Waals surface area contributed by atoms with Crippen molar-refractivity contribution < 1.29 is 0 Å². The Kier molecular flexibility index (Phi) is 3.58. The maximum Gasteiger partial charge on any atom is 0.0953 e. The van der Waals surface area contributed by atoms with Gasteiger partial charge in [0, 0.05) is 31.5 Å². The minimum absolute atomic E-state index is 0.806. The molecule has 1 N–H and O–H groups in total. The summed E-state index contributed by atoms with van der Waals surface area (Å²) in [5.74, 6) is 0. The van der Waals surface area contributed by atoms with Crippen LogP contribution in [0, 0.1) is 0 Å². The Morgan fingerprint density at radius 1 is 1.35 bits per heavy atom. The molecule has 0 saturated heterocycles. The van der Waals surface area contributed by atoms with Gasteiger partial charge in [-0.15, -0.1) is 0 Å². The molecule has 2 rings (SSSR count). The molecular weight excluding hydrogens is 214 g/mol. The minimum Gasteiger partial charge on any atom is -0.333 e. The lowest BCUT2D eigenvalue weighted by Gasteiger charge is -2.00. The number of hydrogen-bond donors (Lipinski definition) is 1.